The third-order valence-electron chi connectivity index (χ3n) is 6.34. The molecule has 1 amide bonds. The summed E-state index contributed by atoms with van der Waals surface area (Å²) in [5.41, 5.74) is 0.710. The normalized spacial score (nSPS) is 10.8. The Morgan fingerprint density at radius 3 is 2.44 bits per heavy atom. The van der Waals surface area contributed by atoms with Crippen LogP contribution < -0.4 is 26.0 Å². The third-order valence-corrected chi connectivity index (χ3v) is 6.34. The van der Waals surface area contributed by atoms with Gasteiger partial charge in [-0.3, -0.25) is 28.8 Å². The smallest absolute Gasteiger partial charge is 0.331 e. The molecular formula is C28H28N4O7. The lowest BCUT2D eigenvalue weighted by molar-refractivity contribution is -0.384. The Balaban J connectivity index is 1.49. The van der Waals surface area contributed by atoms with Gasteiger partial charge in [-0.05, 0) is 41.8 Å². The van der Waals surface area contributed by atoms with Gasteiger partial charge in [0, 0.05) is 31.6 Å². The van der Waals surface area contributed by atoms with E-state index in [9.17, 15) is 24.5 Å². The van der Waals surface area contributed by atoms with Crippen molar-refractivity contribution in [2.75, 3.05) is 20.8 Å². The van der Waals surface area contributed by atoms with Crippen molar-refractivity contribution in [3.05, 3.63) is 109 Å². The van der Waals surface area contributed by atoms with Crippen molar-refractivity contribution < 1.29 is 19.2 Å². The van der Waals surface area contributed by atoms with E-state index in [0.717, 1.165) is 10.1 Å². The number of carbonyl (C=O) groups is 1. The standard InChI is InChI=1S/C28H28N4O7/c1-38-24-11-10-19(17-25(24)39-2)12-14-29-26(33)13-15-30-27(34)22-8-3-4-9-23(22)31(28(30)35)18-20-6-5-7-21(16-20)32(36)37/h3-11,16-17H,12-15,18H2,1-2H3,(H,29,33). The number of amides is 1. The lowest BCUT2D eigenvalue weighted by Gasteiger charge is -2.14. The number of nitro groups is 1. The second-order valence-electron chi connectivity index (χ2n) is 8.81. The van der Waals surface area contributed by atoms with Crippen LogP contribution in [0.3, 0.4) is 0 Å². The Hall–Kier alpha value is -4.93. The van der Waals surface area contributed by atoms with Crippen LogP contribution in [-0.4, -0.2) is 40.7 Å². The molecule has 0 unspecified atom stereocenters. The maximum atomic E-state index is 13.4. The summed E-state index contributed by atoms with van der Waals surface area (Å²) in [6.45, 7) is 0.274. The maximum Gasteiger partial charge on any atom is 0.331 e. The van der Waals surface area contributed by atoms with Gasteiger partial charge in [-0.15, -0.1) is 0 Å². The van der Waals surface area contributed by atoms with E-state index in [1.165, 1.54) is 16.7 Å². The van der Waals surface area contributed by atoms with Crippen LogP contribution in [0.25, 0.3) is 10.9 Å². The summed E-state index contributed by atoms with van der Waals surface area (Å²) in [5, 5.41) is 14.3. The van der Waals surface area contributed by atoms with Crippen LogP contribution in [0.2, 0.25) is 0 Å². The van der Waals surface area contributed by atoms with Crippen molar-refractivity contribution in [1.29, 1.82) is 0 Å². The second kappa shape index (κ2) is 12.1. The molecule has 0 atom stereocenters. The summed E-state index contributed by atoms with van der Waals surface area (Å²) < 4.78 is 13.0. The molecule has 1 N–H and O–H groups in total. The molecule has 4 aromatic rings. The minimum atomic E-state index is -0.594. The van der Waals surface area contributed by atoms with E-state index in [1.807, 2.05) is 12.1 Å². The Kier molecular flexibility index (Phi) is 8.40. The molecule has 1 heterocycles. The van der Waals surface area contributed by atoms with Crippen LogP contribution in [0.15, 0.2) is 76.3 Å². The van der Waals surface area contributed by atoms with Gasteiger partial charge in [0.1, 0.15) is 0 Å². The second-order valence-corrected chi connectivity index (χ2v) is 8.81. The zero-order valence-corrected chi connectivity index (χ0v) is 21.6. The van der Waals surface area contributed by atoms with Gasteiger partial charge in [-0.25, -0.2) is 4.79 Å². The number of nitro benzene ring substituents is 1. The fourth-order valence-electron chi connectivity index (χ4n) is 4.36. The molecule has 11 nitrogen and oxygen atoms in total. The highest BCUT2D eigenvalue weighted by Gasteiger charge is 2.15. The first-order valence-corrected chi connectivity index (χ1v) is 12.3. The van der Waals surface area contributed by atoms with E-state index in [1.54, 1.807) is 56.7 Å². The van der Waals surface area contributed by atoms with Gasteiger partial charge in [-0.1, -0.05) is 30.3 Å². The average Bonchev–Trinajstić information content (AvgIpc) is 2.95. The monoisotopic (exact) mass is 532 g/mol. The number of nitrogens with zero attached hydrogens (tertiary/aromatic N) is 3. The Morgan fingerprint density at radius 2 is 1.69 bits per heavy atom. The van der Waals surface area contributed by atoms with Gasteiger partial charge >= 0.3 is 5.69 Å². The first-order valence-electron chi connectivity index (χ1n) is 12.3. The molecule has 0 aliphatic carbocycles. The molecule has 39 heavy (non-hydrogen) atoms. The first-order chi connectivity index (χ1) is 18.8. The Labute approximate surface area is 223 Å². The summed E-state index contributed by atoms with van der Waals surface area (Å²) in [7, 11) is 3.11. The molecule has 3 aromatic carbocycles. The van der Waals surface area contributed by atoms with E-state index < -0.39 is 16.2 Å². The molecule has 4 rings (SSSR count). The number of carbonyl (C=O) groups excluding carboxylic acids is 1. The number of non-ortho nitro benzene ring substituents is 1. The lowest BCUT2D eigenvalue weighted by Crippen LogP contribution is -2.41. The summed E-state index contributed by atoms with van der Waals surface area (Å²) >= 11 is 0. The fourth-order valence-corrected chi connectivity index (χ4v) is 4.36. The van der Waals surface area contributed by atoms with Gasteiger partial charge < -0.3 is 14.8 Å². The highest BCUT2D eigenvalue weighted by molar-refractivity contribution is 5.78. The van der Waals surface area contributed by atoms with Crippen LogP contribution in [-0.2, 0) is 24.3 Å². The number of hydrogen-bond donors (Lipinski definition) is 1. The SMILES string of the molecule is COc1ccc(CCNC(=O)CCn2c(=O)c3ccccc3n(Cc3cccc([N+](=O)[O-])c3)c2=O)cc1OC. The molecule has 0 saturated carbocycles. The summed E-state index contributed by atoms with van der Waals surface area (Å²) in [6.07, 6.45) is 0.480. The number of benzene rings is 3. The molecule has 0 radical (unpaired) electrons. The van der Waals surface area contributed by atoms with Gasteiger partial charge in [-0.2, -0.15) is 0 Å². The molecule has 0 aliphatic rings. The van der Waals surface area contributed by atoms with Crippen LogP contribution in [0.5, 0.6) is 11.5 Å². The number of rotatable bonds is 11. The number of hydrogen-bond acceptors (Lipinski definition) is 7. The van der Waals surface area contributed by atoms with Crippen molar-refractivity contribution in [3.63, 3.8) is 0 Å². The lowest BCUT2D eigenvalue weighted by atomic mass is 10.1. The predicted molar refractivity (Wildman–Crippen MR) is 146 cm³/mol. The molecule has 202 valence electrons. The van der Waals surface area contributed by atoms with Gasteiger partial charge in [0.15, 0.2) is 11.5 Å². The van der Waals surface area contributed by atoms with Gasteiger partial charge in [0.2, 0.25) is 5.91 Å². The quantitative estimate of drug-likeness (QED) is 0.232. The molecule has 0 spiro atoms. The minimum Gasteiger partial charge on any atom is -0.493 e. The van der Waals surface area contributed by atoms with Crippen molar-refractivity contribution in [3.8, 4) is 11.5 Å². The van der Waals surface area contributed by atoms with Crippen LogP contribution in [0.4, 0.5) is 5.69 Å². The van der Waals surface area contributed by atoms with Crippen molar-refractivity contribution in [2.24, 2.45) is 0 Å². The number of fused-ring (bicyclic) bond motifs is 1. The number of aromatic nitrogens is 2. The van der Waals surface area contributed by atoms with Crippen molar-refractivity contribution >= 4 is 22.5 Å². The predicted octanol–water partition coefficient (Wildman–Crippen LogP) is 2.89. The van der Waals surface area contributed by atoms with Gasteiger partial charge in [0.05, 0.1) is 36.6 Å². The summed E-state index contributed by atoms with van der Waals surface area (Å²) in [6, 6.07) is 18.2. The van der Waals surface area contributed by atoms with E-state index in [0.29, 0.717) is 40.9 Å². The topological polar surface area (TPSA) is 135 Å². The van der Waals surface area contributed by atoms with Crippen molar-refractivity contribution in [1.82, 2.24) is 14.5 Å². The number of para-hydroxylation sites is 1. The molecule has 1 aromatic heterocycles. The van der Waals surface area contributed by atoms with Crippen LogP contribution in [0, 0.1) is 10.1 Å². The Morgan fingerprint density at radius 1 is 0.923 bits per heavy atom. The van der Waals surface area contributed by atoms with Crippen LogP contribution in [0.1, 0.15) is 17.5 Å². The fraction of sp³-hybridized carbons (Fsp3) is 0.250. The first kappa shape index (κ1) is 27.1. The zero-order chi connectivity index (χ0) is 27.9. The summed E-state index contributed by atoms with van der Waals surface area (Å²) in [5.74, 6) is 0.904. The van der Waals surface area contributed by atoms with E-state index in [2.05, 4.69) is 5.32 Å². The average molecular weight is 533 g/mol. The van der Waals surface area contributed by atoms with Gasteiger partial charge in [0.25, 0.3) is 11.2 Å². The highest BCUT2D eigenvalue weighted by Crippen LogP contribution is 2.27. The van der Waals surface area contributed by atoms with E-state index >= 15 is 0 Å². The molecule has 0 bridgehead atoms. The van der Waals surface area contributed by atoms with E-state index in [-0.39, 0.29) is 31.1 Å². The zero-order valence-electron chi connectivity index (χ0n) is 21.6. The molecule has 0 saturated heterocycles. The minimum absolute atomic E-state index is 0.0266. The number of ether oxygens (including phenoxy) is 2. The summed E-state index contributed by atoms with van der Waals surface area (Å²) in [4.78, 5) is 49.7. The molecular weight excluding hydrogens is 504 g/mol. The van der Waals surface area contributed by atoms with E-state index in [4.69, 9.17) is 9.47 Å². The maximum absolute atomic E-state index is 13.4. The molecule has 0 fully saturated rings. The Bertz CT molecular complexity index is 1640. The number of nitrogens with one attached hydrogen (secondary N) is 1. The highest BCUT2D eigenvalue weighted by atomic mass is 16.6. The van der Waals surface area contributed by atoms with Crippen LogP contribution >= 0.6 is 0 Å². The third kappa shape index (κ3) is 6.15. The largest absolute Gasteiger partial charge is 0.493 e. The number of methoxy groups -OCH3 is 2. The molecule has 11 heteroatoms. The van der Waals surface area contributed by atoms with Crippen molar-refractivity contribution in [2.45, 2.75) is 25.9 Å². The molecule has 0 aliphatic heterocycles.